The van der Waals surface area contributed by atoms with E-state index in [4.69, 9.17) is 11.5 Å². The van der Waals surface area contributed by atoms with Gasteiger partial charge in [0.15, 0.2) is 5.96 Å². The Morgan fingerprint density at radius 2 is 2.17 bits per heavy atom. The topological polar surface area (TPSA) is 96.7 Å². The minimum Gasteiger partial charge on any atom is -0.370 e. The van der Waals surface area contributed by atoms with Gasteiger partial charge in [0.25, 0.3) is 0 Å². The molecule has 0 saturated carbocycles. The van der Waals surface area contributed by atoms with Crippen LogP contribution >= 0.6 is 0 Å². The summed E-state index contributed by atoms with van der Waals surface area (Å²) in [6.07, 6.45) is 2.50. The lowest BCUT2D eigenvalue weighted by Gasteiger charge is -2.23. The lowest BCUT2D eigenvalue weighted by Crippen LogP contribution is -2.43. The fourth-order valence-electron chi connectivity index (χ4n) is 1.72. The number of carbonyl (C=O) groups excluding carboxylic acids is 1. The summed E-state index contributed by atoms with van der Waals surface area (Å²) in [5.74, 6) is 0.101. The molecule has 0 rings (SSSR count). The van der Waals surface area contributed by atoms with Crippen molar-refractivity contribution >= 4 is 12.2 Å². The first kappa shape index (κ1) is 16.9. The summed E-state index contributed by atoms with van der Waals surface area (Å²) in [4.78, 5) is 17.1. The van der Waals surface area contributed by atoms with E-state index < -0.39 is 0 Å². The molecule has 0 aliphatic rings. The molecule has 0 bridgehead atoms. The number of aldehydes is 1. The Morgan fingerprint density at radius 1 is 1.50 bits per heavy atom. The first-order valence-corrected chi connectivity index (χ1v) is 6.44. The van der Waals surface area contributed by atoms with Crippen molar-refractivity contribution in [3.05, 3.63) is 0 Å². The van der Waals surface area contributed by atoms with Gasteiger partial charge in [0.2, 0.25) is 0 Å². The highest BCUT2D eigenvalue weighted by Gasteiger charge is 2.11. The first-order valence-electron chi connectivity index (χ1n) is 6.44. The van der Waals surface area contributed by atoms with Crippen LogP contribution < -0.4 is 16.8 Å². The maximum Gasteiger partial charge on any atom is 0.185 e. The summed E-state index contributed by atoms with van der Waals surface area (Å²) in [6, 6.07) is 0.160. The monoisotopic (exact) mass is 257 g/mol. The van der Waals surface area contributed by atoms with E-state index in [9.17, 15) is 4.79 Å². The molecule has 5 N–H and O–H groups in total. The molecule has 1 unspecified atom stereocenters. The summed E-state index contributed by atoms with van der Waals surface area (Å²) in [7, 11) is 2.06. The quantitative estimate of drug-likeness (QED) is 0.213. The fraction of sp³-hybridized carbons (Fsp3) is 0.833. The van der Waals surface area contributed by atoms with Crippen LogP contribution in [0.2, 0.25) is 0 Å². The molecule has 0 aromatic rings. The van der Waals surface area contributed by atoms with Gasteiger partial charge in [-0.15, -0.1) is 0 Å². The summed E-state index contributed by atoms with van der Waals surface area (Å²) >= 11 is 0. The summed E-state index contributed by atoms with van der Waals surface area (Å²) in [5, 5.41) is 3.30. The largest absolute Gasteiger partial charge is 0.370 e. The maximum atomic E-state index is 11.0. The molecule has 6 heteroatoms. The molecule has 0 aromatic heterocycles. The van der Waals surface area contributed by atoms with Gasteiger partial charge in [-0.2, -0.15) is 0 Å². The van der Waals surface area contributed by atoms with Crippen molar-refractivity contribution in [1.29, 1.82) is 0 Å². The van der Waals surface area contributed by atoms with Gasteiger partial charge >= 0.3 is 0 Å². The van der Waals surface area contributed by atoms with Gasteiger partial charge < -0.3 is 26.5 Å². The number of nitrogens with one attached hydrogen (secondary N) is 1. The average Bonchev–Trinajstić information content (AvgIpc) is 2.32. The van der Waals surface area contributed by atoms with Crippen LogP contribution in [0.25, 0.3) is 0 Å². The molecule has 6 nitrogen and oxygen atoms in total. The zero-order chi connectivity index (χ0) is 14.0. The number of likely N-dealkylation sites (N-methyl/N-ethyl adjacent to an activating group) is 1. The van der Waals surface area contributed by atoms with Crippen molar-refractivity contribution in [2.45, 2.75) is 38.8 Å². The number of nitrogens with two attached hydrogens (primary N) is 2. The first-order chi connectivity index (χ1) is 8.49. The number of hydrogen-bond donors (Lipinski definition) is 3. The van der Waals surface area contributed by atoms with Crippen LogP contribution in [0.1, 0.15) is 26.7 Å². The number of guanidine groups is 1. The Labute approximate surface area is 110 Å². The van der Waals surface area contributed by atoms with Gasteiger partial charge in [-0.25, -0.2) is 0 Å². The molecule has 18 heavy (non-hydrogen) atoms. The van der Waals surface area contributed by atoms with E-state index in [0.717, 1.165) is 32.2 Å². The van der Waals surface area contributed by atoms with Gasteiger partial charge in [-0.05, 0) is 33.4 Å². The number of rotatable bonds is 10. The second-order valence-electron chi connectivity index (χ2n) is 4.61. The van der Waals surface area contributed by atoms with Gasteiger partial charge in [0, 0.05) is 19.1 Å². The molecule has 0 aliphatic heterocycles. The second kappa shape index (κ2) is 9.85. The van der Waals surface area contributed by atoms with E-state index in [1.165, 1.54) is 0 Å². The standard InChI is InChI=1S/C12H27N5O/c1-4-17(3)8-10(2)16-11(9-18)6-5-7-15-12(13)14/h9-11,16H,4-8H2,1-3H3,(H4,13,14,15)/t10?,11-/m0/s1. The number of nitrogens with zero attached hydrogens (tertiary/aromatic N) is 2. The van der Waals surface area contributed by atoms with Gasteiger partial charge in [-0.1, -0.05) is 6.92 Å². The molecular weight excluding hydrogens is 230 g/mol. The highest BCUT2D eigenvalue weighted by molar-refractivity contribution is 5.75. The number of carbonyl (C=O) groups is 1. The van der Waals surface area contributed by atoms with E-state index in [1.54, 1.807) is 0 Å². The number of hydrogen-bond acceptors (Lipinski definition) is 4. The Balaban J connectivity index is 3.88. The van der Waals surface area contributed by atoms with Crippen molar-refractivity contribution in [2.24, 2.45) is 16.5 Å². The molecule has 2 atom stereocenters. The predicted octanol–water partition coefficient (Wildman–Crippen LogP) is -0.463. The van der Waals surface area contributed by atoms with Crippen LogP contribution in [0.4, 0.5) is 0 Å². The molecule has 0 radical (unpaired) electrons. The molecule has 0 heterocycles. The number of aliphatic imine (C=N–C) groups is 1. The second-order valence-corrected chi connectivity index (χ2v) is 4.61. The summed E-state index contributed by atoms with van der Waals surface area (Å²) < 4.78 is 0. The van der Waals surface area contributed by atoms with Crippen molar-refractivity contribution in [3.63, 3.8) is 0 Å². The molecule has 0 aromatic carbocycles. The van der Waals surface area contributed by atoms with Crippen LogP contribution in [-0.4, -0.2) is 55.9 Å². The smallest absolute Gasteiger partial charge is 0.185 e. The van der Waals surface area contributed by atoms with E-state index in [1.807, 2.05) is 0 Å². The SMILES string of the molecule is CCN(C)CC(C)N[C@H](C=O)CCCN=C(N)N. The molecular formula is C12H27N5O. The van der Waals surface area contributed by atoms with Crippen molar-refractivity contribution in [3.8, 4) is 0 Å². The van der Waals surface area contributed by atoms with Gasteiger partial charge in [0.1, 0.15) is 6.29 Å². The Hall–Kier alpha value is -1.14. The molecule has 0 spiro atoms. The van der Waals surface area contributed by atoms with E-state index >= 15 is 0 Å². The Kier molecular flexibility index (Phi) is 9.22. The van der Waals surface area contributed by atoms with Crippen LogP contribution in [0.5, 0.6) is 0 Å². The van der Waals surface area contributed by atoms with Crippen molar-refractivity contribution in [2.75, 3.05) is 26.7 Å². The van der Waals surface area contributed by atoms with Crippen LogP contribution in [-0.2, 0) is 4.79 Å². The third-order valence-corrected chi connectivity index (χ3v) is 2.76. The minimum atomic E-state index is -0.126. The summed E-state index contributed by atoms with van der Waals surface area (Å²) in [5.41, 5.74) is 10.5. The molecule has 106 valence electrons. The van der Waals surface area contributed by atoms with E-state index in [2.05, 4.69) is 36.1 Å². The predicted molar refractivity (Wildman–Crippen MR) is 75.5 cm³/mol. The molecule has 0 fully saturated rings. The van der Waals surface area contributed by atoms with Crippen molar-refractivity contribution < 1.29 is 4.79 Å². The minimum absolute atomic E-state index is 0.101. The normalized spacial score (nSPS) is 14.2. The Morgan fingerprint density at radius 3 is 2.67 bits per heavy atom. The average molecular weight is 257 g/mol. The Bertz CT molecular complexity index is 253. The highest BCUT2D eigenvalue weighted by atomic mass is 16.1. The highest BCUT2D eigenvalue weighted by Crippen LogP contribution is 1.98. The molecule has 0 amide bonds. The van der Waals surface area contributed by atoms with Crippen molar-refractivity contribution in [1.82, 2.24) is 10.2 Å². The van der Waals surface area contributed by atoms with Gasteiger partial charge in [0.05, 0.1) is 6.04 Å². The lowest BCUT2D eigenvalue weighted by atomic mass is 10.1. The fourth-order valence-corrected chi connectivity index (χ4v) is 1.72. The van der Waals surface area contributed by atoms with Crippen LogP contribution in [0.3, 0.4) is 0 Å². The van der Waals surface area contributed by atoms with E-state index in [-0.39, 0.29) is 18.0 Å². The molecule has 0 aliphatic carbocycles. The zero-order valence-corrected chi connectivity index (χ0v) is 11.7. The third-order valence-electron chi connectivity index (χ3n) is 2.76. The lowest BCUT2D eigenvalue weighted by molar-refractivity contribution is -0.109. The van der Waals surface area contributed by atoms with Gasteiger partial charge in [-0.3, -0.25) is 4.99 Å². The summed E-state index contributed by atoms with van der Waals surface area (Å²) in [6.45, 7) is 6.69. The third kappa shape index (κ3) is 8.95. The molecule has 0 saturated heterocycles. The van der Waals surface area contributed by atoms with Crippen LogP contribution in [0.15, 0.2) is 4.99 Å². The maximum absolute atomic E-state index is 11.0. The van der Waals surface area contributed by atoms with Crippen LogP contribution in [0, 0.1) is 0 Å². The zero-order valence-electron chi connectivity index (χ0n) is 11.7. The van der Waals surface area contributed by atoms with E-state index in [0.29, 0.717) is 6.54 Å².